The molecular formula is C23H13Cl2N3O2. The number of benzene rings is 3. The maximum atomic E-state index is 12.6. The second-order valence-corrected chi connectivity index (χ2v) is 7.25. The number of nitrogens with one attached hydrogen (secondary N) is 1. The molecule has 0 bridgehead atoms. The fourth-order valence-corrected chi connectivity index (χ4v) is 3.40. The zero-order valence-electron chi connectivity index (χ0n) is 15.4. The van der Waals surface area contributed by atoms with Crippen LogP contribution < -0.4 is 5.32 Å². The van der Waals surface area contributed by atoms with Crippen molar-refractivity contribution >= 4 is 51.8 Å². The molecule has 1 heterocycles. The summed E-state index contributed by atoms with van der Waals surface area (Å²) in [5, 5.41) is 17.7. The molecule has 0 fully saturated rings. The van der Waals surface area contributed by atoms with Crippen molar-refractivity contribution in [3.63, 3.8) is 0 Å². The molecule has 0 saturated carbocycles. The fraction of sp³-hybridized carbons (Fsp3) is 0. The van der Waals surface area contributed by atoms with E-state index in [0.29, 0.717) is 27.6 Å². The Hall–Kier alpha value is -3.59. The van der Waals surface area contributed by atoms with Crippen molar-refractivity contribution in [2.45, 2.75) is 0 Å². The quantitative estimate of drug-likeness (QED) is 0.300. The molecule has 1 amide bonds. The van der Waals surface area contributed by atoms with E-state index in [1.807, 2.05) is 42.5 Å². The van der Waals surface area contributed by atoms with Crippen molar-refractivity contribution in [3.8, 4) is 17.4 Å². The largest absolute Gasteiger partial charge is 0.355 e. The monoisotopic (exact) mass is 433 g/mol. The first kappa shape index (κ1) is 19.7. The van der Waals surface area contributed by atoms with E-state index in [2.05, 4.69) is 10.5 Å². The molecule has 1 aromatic heterocycles. The molecule has 30 heavy (non-hydrogen) atoms. The molecule has 0 aliphatic rings. The molecule has 146 valence electrons. The lowest BCUT2D eigenvalue weighted by Crippen LogP contribution is -2.13. The van der Waals surface area contributed by atoms with Crippen LogP contribution in [0, 0.1) is 11.3 Å². The normalized spacial score (nSPS) is 11.3. The summed E-state index contributed by atoms with van der Waals surface area (Å²) in [5.74, 6) is 0.0483. The number of hydrogen-bond donors (Lipinski definition) is 1. The topological polar surface area (TPSA) is 78.9 Å². The summed E-state index contributed by atoms with van der Waals surface area (Å²) >= 11 is 12.0. The van der Waals surface area contributed by atoms with Gasteiger partial charge in [0.15, 0.2) is 5.76 Å². The minimum atomic E-state index is -0.574. The van der Waals surface area contributed by atoms with Gasteiger partial charge in [0.25, 0.3) is 5.91 Å². The van der Waals surface area contributed by atoms with E-state index in [9.17, 15) is 10.1 Å². The molecule has 0 aliphatic heterocycles. The molecule has 0 unspecified atom stereocenters. The van der Waals surface area contributed by atoms with Gasteiger partial charge < -0.3 is 9.84 Å². The number of fused-ring (bicyclic) bond motifs is 1. The van der Waals surface area contributed by atoms with Crippen LogP contribution in [0.25, 0.3) is 28.3 Å². The van der Waals surface area contributed by atoms with Crippen LogP contribution >= 0.6 is 23.2 Å². The first-order valence-electron chi connectivity index (χ1n) is 8.88. The molecule has 4 rings (SSSR count). The van der Waals surface area contributed by atoms with Gasteiger partial charge in [-0.3, -0.25) is 4.79 Å². The average Bonchev–Trinajstić information content (AvgIpc) is 3.18. The zero-order chi connectivity index (χ0) is 21.1. The van der Waals surface area contributed by atoms with Gasteiger partial charge in [0.2, 0.25) is 0 Å². The number of halogens is 2. The van der Waals surface area contributed by atoms with Crippen LogP contribution in [0.15, 0.2) is 76.8 Å². The average molecular weight is 434 g/mol. The van der Waals surface area contributed by atoms with E-state index in [-0.39, 0.29) is 10.6 Å². The van der Waals surface area contributed by atoms with Crippen LogP contribution in [-0.2, 0) is 4.79 Å². The smallest absolute Gasteiger partial charge is 0.266 e. The highest BCUT2D eigenvalue weighted by Gasteiger charge is 2.14. The molecule has 0 atom stereocenters. The van der Waals surface area contributed by atoms with Gasteiger partial charge in [-0.1, -0.05) is 64.8 Å². The van der Waals surface area contributed by atoms with Crippen LogP contribution in [0.4, 0.5) is 5.69 Å². The molecular weight excluding hydrogens is 421 g/mol. The number of nitriles is 1. The summed E-state index contributed by atoms with van der Waals surface area (Å²) in [6.07, 6.45) is 1.50. The molecule has 0 aliphatic carbocycles. The van der Waals surface area contributed by atoms with E-state index in [1.165, 1.54) is 12.1 Å². The number of carbonyl (C=O) groups is 1. The van der Waals surface area contributed by atoms with E-state index < -0.39 is 5.91 Å². The Kier molecular flexibility index (Phi) is 5.53. The molecule has 0 spiro atoms. The Balaban J connectivity index is 1.66. The Morgan fingerprint density at radius 1 is 1.07 bits per heavy atom. The number of nitrogens with zero attached hydrogens (tertiary/aromatic N) is 2. The minimum absolute atomic E-state index is 0.0712. The molecule has 0 saturated heterocycles. The zero-order valence-corrected chi connectivity index (χ0v) is 16.9. The van der Waals surface area contributed by atoms with Gasteiger partial charge in [-0.15, -0.1) is 0 Å². The SMILES string of the molecule is N#C/C(=C\c1ccc2noc(-c3ccccc3)c2c1)C(=O)Nc1ccc(Cl)cc1Cl. The summed E-state index contributed by atoms with van der Waals surface area (Å²) in [6, 6.07) is 21.6. The predicted octanol–water partition coefficient (Wildman–Crippen LogP) is 6.35. The highest BCUT2D eigenvalue weighted by Crippen LogP contribution is 2.30. The van der Waals surface area contributed by atoms with Gasteiger partial charge >= 0.3 is 0 Å². The third-order valence-electron chi connectivity index (χ3n) is 4.39. The van der Waals surface area contributed by atoms with Gasteiger partial charge in [0.05, 0.1) is 16.1 Å². The van der Waals surface area contributed by atoms with Gasteiger partial charge in [-0.2, -0.15) is 5.26 Å². The number of rotatable bonds is 4. The number of amides is 1. The summed E-state index contributed by atoms with van der Waals surface area (Å²) in [7, 11) is 0. The van der Waals surface area contributed by atoms with Crippen LogP contribution in [0.3, 0.4) is 0 Å². The minimum Gasteiger partial charge on any atom is -0.355 e. The second kappa shape index (κ2) is 8.42. The maximum Gasteiger partial charge on any atom is 0.266 e. The summed E-state index contributed by atoms with van der Waals surface area (Å²) in [5.41, 5.74) is 2.53. The third-order valence-corrected chi connectivity index (χ3v) is 4.94. The molecule has 3 aromatic carbocycles. The summed E-state index contributed by atoms with van der Waals surface area (Å²) < 4.78 is 5.50. The van der Waals surface area contributed by atoms with Crippen LogP contribution in [0.1, 0.15) is 5.56 Å². The third kappa shape index (κ3) is 4.06. The lowest BCUT2D eigenvalue weighted by molar-refractivity contribution is -0.112. The van der Waals surface area contributed by atoms with Gasteiger partial charge in [0.1, 0.15) is 17.2 Å². The van der Waals surface area contributed by atoms with Crippen molar-refractivity contribution in [1.29, 1.82) is 5.26 Å². The van der Waals surface area contributed by atoms with E-state index in [1.54, 1.807) is 24.3 Å². The molecule has 5 nitrogen and oxygen atoms in total. The van der Waals surface area contributed by atoms with Gasteiger partial charge in [0, 0.05) is 10.6 Å². The van der Waals surface area contributed by atoms with Crippen molar-refractivity contribution in [1.82, 2.24) is 5.16 Å². The standard InChI is InChI=1S/C23H13Cl2N3O2/c24-17-7-9-21(19(25)12-17)27-23(29)16(13-26)10-14-6-8-20-18(11-14)22(30-28-20)15-4-2-1-3-5-15/h1-12H,(H,27,29)/b16-10+. The number of hydrogen-bond acceptors (Lipinski definition) is 4. The van der Waals surface area contributed by atoms with E-state index >= 15 is 0 Å². The van der Waals surface area contributed by atoms with Crippen LogP contribution in [-0.4, -0.2) is 11.1 Å². The Bertz CT molecular complexity index is 1320. The lowest BCUT2D eigenvalue weighted by Gasteiger charge is -2.07. The fourth-order valence-electron chi connectivity index (χ4n) is 2.94. The van der Waals surface area contributed by atoms with Crippen molar-refractivity contribution in [2.75, 3.05) is 5.32 Å². The summed E-state index contributed by atoms with van der Waals surface area (Å²) in [6.45, 7) is 0. The Morgan fingerprint density at radius 3 is 2.60 bits per heavy atom. The highest BCUT2D eigenvalue weighted by atomic mass is 35.5. The van der Waals surface area contributed by atoms with Crippen molar-refractivity contribution < 1.29 is 9.32 Å². The van der Waals surface area contributed by atoms with Crippen LogP contribution in [0.2, 0.25) is 10.0 Å². The van der Waals surface area contributed by atoms with E-state index in [0.717, 1.165) is 10.9 Å². The number of anilines is 1. The lowest BCUT2D eigenvalue weighted by atomic mass is 10.0. The van der Waals surface area contributed by atoms with E-state index in [4.69, 9.17) is 27.7 Å². The number of aromatic nitrogens is 1. The molecule has 0 radical (unpaired) electrons. The molecule has 4 aromatic rings. The van der Waals surface area contributed by atoms with Gasteiger partial charge in [-0.05, 0) is 42.0 Å². The highest BCUT2D eigenvalue weighted by molar-refractivity contribution is 6.36. The van der Waals surface area contributed by atoms with Crippen LogP contribution in [0.5, 0.6) is 0 Å². The molecule has 7 heteroatoms. The Morgan fingerprint density at radius 2 is 1.87 bits per heavy atom. The second-order valence-electron chi connectivity index (χ2n) is 6.40. The first-order chi connectivity index (χ1) is 14.5. The van der Waals surface area contributed by atoms with Gasteiger partial charge in [-0.25, -0.2) is 0 Å². The number of carbonyl (C=O) groups excluding carboxylic acids is 1. The maximum absolute atomic E-state index is 12.6. The molecule has 1 N–H and O–H groups in total. The predicted molar refractivity (Wildman–Crippen MR) is 118 cm³/mol. The summed E-state index contributed by atoms with van der Waals surface area (Å²) in [4.78, 5) is 12.6. The van der Waals surface area contributed by atoms with Crippen molar-refractivity contribution in [2.24, 2.45) is 0 Å². The van der Waals surface area contributed by atoms with Crippen molar-refractivity contribution in [3.05, 3.63) is 87.9 Å². The Labute approximate surface area is 182 Å². The first-order valence-corrected chi connectivity index (χ1v) is 9.64.